The molecule has 0 aliphatic carbocycles. The van der Waals surface area contributed by atoms with E-state index < -0.39 is 0 Å². The zero-order valence-corrected chi connectivity index (χ0v) is 11.3. The van der Waals surface area contributed by atoms with E-state index in [1.54, 1.807) is 0 Å². The first-order chi connectivity index (χ1) is 7.83. The molecular weight excluding hydrogens is 280 g/mol. The smallest absolute Gasteiger partial charge is 0.0519 e. The van der Waals surface area contributed by atoms with Gasteiger partial charge in [-0.1, -0.05) is 70.5 Å². The van der Waals surface area contributed by atoms with Crippen LogP contribution in [0.1, 0.15) is 21.9 Å². The molecule has 0 bridgehead atoms. The monoisotopic (exact) mass is 292 g/mol. The molecule has 2 aromatic rings. The van der Waals surface area contributed by atoms with Crippen LogP contribution in [0.4, 0.5) is 0 Å². The van der Waals surface area contributed by atoms with Gasteiger partial charge in [0.1, 0.15) is 0 Å². The number of halogens is 1. The van der Waals surface area contributed by atoms with Crippen molar-refractivity contribution < 1.29 is 0 Å². The van der Waals surface area contributed by atoms with Gasteiger partial charge in [-0.05, 0) is 16.7 Å². The van der Waals surface area contributed by atoms with Gasteiger partial charge in [0.15, 0.2) is 0 Å². The van der Waals surface area contributed by atoms with Crippen LogP contribution < -0.4 is 0 Å². The lowest BCUT2D eigenvalue weighted by molar-refractivity contribution is 1.13. The molecule has 2 aromatic carbocycles. The maximum atomic E-state index is 4.71. The molecule has 1 atom stereocenters. The Labute approximate surface area is 110 Å². The van der Waals surface area contributed by atoms with Gasteiger partial charge >= 0.3 is 0 Å². The molecule has 82 valence electrons. The molecule has 0 saturated carbocycles. The Morgan fingerprint density at radius 3 is 2.25 bits per heavy atom. The van der Waals surface area contributed by atoms with Crippen molar-refractivity contribution in [1.29, 1.82) is 0 Å². The third-order valence-corrected chi connectivity index (χ3v) is 3.79. The molecule has 1 unspecified atom stereocenters. The Kier molecular flexibility index (Phi) is 4.08. The second-order valence-corrected chi connectivity index (χ2v) is 4.72. The molecule has 2 heteroatoms. The summed E-state index contributed by atoms with van der Waals surface area (Å²) in [5.41, 5.74) is 3.81. The number of rotatable bonds is 3. The highest BCUT2D eigenvalue weighted by Crippen LogP contribution is 2.31. The summed E-state index contributed by atoms with van der Waals surface area (Å²) >= 11 is 8.23. The topological polar surface area (TPSA) is 0 Å². The van der Waals surface area contributed by atoms with Gasteiger partial charge in [-0.15, -0.1) is 0 Å². The summed E-state index contributed by atoms with van der Waals surface area (Å²) in [6.07, 6.45) is 0. The number of benzene rings is 2. The van der Waals surface area contributed by atoms with Gasteiger partial charge in [0, 0.05) is 5.33 Å². The Morgan fingerprint density at radius 1 is 0.938 bits per heavy atom. The van der Waals surface area contributed by atoms with E-state index in [0.29, 0.717) is 0 Å². The molecule has 0 aliphatic heterocycles. The van der Waals surface area contributed by atoms with Crippen LogP contribution in [-0.2, 0) is 5.33 Å². The molecule has 0 heterocycles. The number of thiol groups is 1. The van der Waals surface area contributed by atoms with Crippen molar-refractivity contribution in [2.45, 2.75) is 10.6 Å². The largest absolute Gasteiger partial charge is 0.166 e. The second kappa shape index (κ2) is 5.55. The predicted molar refractivity (Wildman–Crippen MR) is 76.3 cm³/mol. The van der Waals surface area contributed by atoms with Gasteiger partial charge < -0.3 is 0 Å². The molecule has 0 spiro atoms. The molecular formula is C14H13BrS. The van der Waals surface area contributed by atoms with E-state index in [1.165, 1.54) is 16.7 Å². The molecule has 0 aromatic heterocycles. The summed E-state index contributed by atoms with van der Waals surface area (Å²) in [6, 6.07) is 18.8. The van der Waals surface area contributed by atoms with E-state index in [9.17, 15) is 0 Å². The predicted octanol–water partition coefficient (Wildman–Crippen LogP) is 4.60. The van der Waals surface area contributed by atoms with E-state index in [2.05, 4.69) is 64.5 Å². The molecule has 2 rings (SSSR count). The Hall–Kier alpha value is -0.730. The lowest BCUT2D eigenvalue weighted by atomic mass is 10.0. The molecule has 0 amide bonds. The van der Waals surface area contributed by atoms with Crippen LogP contribution in [0, 0.1) is 0 Å². The van der Waals surface area contributed by atoms with Gasteiger partial charge in [-0.2, -0.15) is 12.6 Å². The fraction of sp³-hybridized carbons (Fsp3) is 0.143. The molecule has 0 N–H and O–H groups in total. The van der Waals surface area contributed by atoms with Crippen molar-refractivity contribution in [3.05, 3.63) is 71.3 Å². The van der Waals surface area contributed by atoms with Crippen molar-refractivity contribution in [2.75, 3.05) is 0 Å². The summed E-state index contributed by atoms with van der Waals surface area (Å²) in [7, 11) is 0. The van der Waals surface area contributed by atoms with Crippen LogP contribution in [0.2, 0.25) is 0 Å². The molecule has 0 aliphatic rings. The first-order valence-electron chi connectivity index (χ1n) is 5.19. The standard InChI is InChI=1S/C14H13BrS/c15-10-12-8-4-5-9-13(12)14(16)11-6-2-1-3-7-11/h1-9,14,16H,10H2. The van der Waals surface area contributed by atoms with Crippen molar-refractivity contribution in [2.24, 2.45) is 0 Å². The summed E-state index contributed by atoms with van der Waals surface area (Å²) in [5, 5.41) is 1.02. The summed E-state index contributed by atoms with van der Waals surface area (Å²) in [4.78, 5) is 0. The van der Waals surface area contributed by atoms with Gasteiger partial charge in [-0.3, -0.25) is 0 Å². The van der Waals surface area contributed by atoms with Crippen LogP contribution in [0.5, 0.6) is 0 Å². The zero-order valence-electron chi connectivity index (χ0n) is 8.81. The summed E-state index contributed by atoms with van der Waals surface area (Å²) < 4.78 is 0. The van der Waals surface area contributed by atoms with Crippen LogP contribution >= 0.6 is 28.6 Å². The molecule has 0 radical (unpaired) electrons. The third kappa shape index (κ3) is 2.50. The van der Waals surface area contributed by atoms with Crippen LogP contribution in [-0.4, -0.2) is 0 Å². The maximum Gasteiger partial charge on any atom is 0.0519 e. The van der Waals surface area contributed by atoms with Crippen molar-refractivity contribution in [3.8, 4) is 0 Å². The molecule has 0 nitrogen and oxygen atoms in total. The van der Waals surface area contributed by atoms with Crippen molar-refractivity contribution in [1.82, 2.24) is 0 Å². The first-order valence-corrected chi connectivity index (χ1v) is 6.83. The summed E-state index contributed by atoms with van der Waals surface area (Å²) in [5.74, 6) is 0. The van der Waals surface area contributed by atoms with Crippen molar-refractivity contribution in [3.63, 3.8) is 0 Å². The zero-order chi connectivity index (χ0) is 11.4. The SMILES string of the molecule is SC(c1ccccc1)c1ccccc1CBr. The molecule has 16 heavy (non-hydrogen) atoms. The van der Waals surface area contributed by atoms with Gasteiger partial charge in [0.25, 0.3) is 0 Å². The van der Waals surface area contributed by atoms with Crippen molar-refractivity contribution >= 4 is 28.6 Å². The van der Waals surface area contributed by atoms with Gasteiger partial charge in [0.2, 0.25) is 0 Å². The highest BCUT2D eigenvalue weighted by molar-refractivity contribution is 9.08. The Balaban J connectivity index is 2.37. The average Bonchev–Trinajstić information content (AvgIpc) is 2.39. The highest BCUT2D eigenvalue weighted by Gasteiger charge is 2.11. The minimum atomic E-state index is 0.148. The van der Waals surface area contributed by atoms with E-state index in [1.807, 2.05) is 6.07 Å². The fourth-order valence-electron chi connectivity index (χ4n) is 1.74. The Bertz CT molecular complexity index is 453. The summed E-state index contributed by atoms with van der Waals surface area (Å²) in [6.45, 7) is 0. The maximum absolute atomic E-state index is 4.71. The quantitative estimate of drug-likeness (QED) is 0.620. The van der Waals surface area contributed by atoms with E-state index >= 15 is 0 Å². The minimum absolute atomic E-state index is 0.148. The highest BCUT2D eigenvalue weighted by atomic mass is 79.9. The van der Waals surface area contributed by atoms with E-state index in [0.717, 1.165) is 5.33 Å². The number of hydrogen-bond donors (Lipinski definition) is 1. The molecule has 0 fully saturated rings. The lowest BCUT2D eigenvalue weighted by Gasteiger charge is -2.14. The van der Waals surface area contributed by atoms with E-state index in [-0.39, 0.29) is 5.25 Å². The minimum Gasteiger partial charge on any atom is -0.166 e. The average molecular weight is 293 g/mol. The number of hydrogen-bond acceptors (Lipinski definition) is 1. The molecule has 0 saturated heterocycles. The van der Waals surface area contributed by atoms with Gasteiger partial charge in [-0.25, -0.2) is 0 Å². The first kappa shape index (κ1) is 11.7. The lowest BCUT2D eigenvalue weighted by Crippen LogP contribution is -1.97. The Morgan fingerprint density at radius 2 is 1.56 bits per heavy atom. The van der Waals surface area contributed by atoms with E-state index in [4.69, 9.17) is 12.6 Å². The van der Waals surface area contributed by atoms with Crippen LogP contribution in [0.15, 0.2) is 54.6 Å². The third-order valence-electron chi connectivity index (χ3n) is 2.61. The normalized spacial score (nSPS) is 12.4. The fourth-order valence-corrected chi connectivity index (χ4v) is 2.67. The van der Waals surface area contributed by atoms with Gasteiger partial charge in [0.05, 0.1) is 5.25 Å². The number of alkyl halides is 1. The second-order valence-electron chi connectivity index (χ2n) is 3.65. The van der Waals surface area contributed by atoms with Crippen LogP contribution in [0.25, 0.3) is 0 Å². The van der Waals surface area contributed by atoms with Crippen LogP contribution in [0.3, 0.4) is 0 Å².